The molecule has 0 amide bonds. The minimum Gasteiger partial charge on any atom is -0.300 e. The predicted molar refractivity (Wildman–Crippen MR) is 58.4 cm³/mol. The Morgan fingerprint density at radius 3 is 2.43 bits per heavy atom. The third-order valence-electron chi connectivity index (χ3n) is 2.55. The van der Waals surface area contributed by atoms with E-state index >= 15 is 0 Å². The molecule has 0 aliphatic carbocycles. The van der Waals surface area contributed by atoms with Gasteiger partial charge in [0.15, 0.2) is 0 Å². The molecule has 80 valence electrons. The first kappa shape index (κ1) is 11.1. The van der Waals surface area contributed by atoms with E-state index < -0.39 is 0 Å². The Morgan fingerprint density at radius 2 is 1.93 bits per heavy atom. The standard InChI is InChI=1S/C11H20N2O/c1-4-6-10(3)9-13-8-7-12(5-2)11(13)14/h7-8,10H,4-6,9H2,1-3H3. The molecule has 0 saturated heterocycles. The van der Waals surface area contributed by atoms with E-state index in [-0.39, 0.29) is 5.69 Å². The van der Waals surface area contributed by atoms with Gasteiger partial charge in [-0.1, -0.05) is 20.3 Å². The predicted octanol–water partition coefficient (Wildman–Crippen LogP) is 2.11. The van der Waals surface area contributed by atoms with Crippen LogP contribution in [0.1, 0.15) is 33.6 Å². The second-order valence-corrected chi connectivity index (χ2v) is 3.91. The van der Waals surface area contributed by atoms with E-state index in [0.717, 1.165) is 13.1 Å². The van der Waals surface area contributed by atoms with Crippen LogP contribution in [-0.2, 0) is 13.1 Å². The monoisotopic (exact) mass is 196 g/mol. The smallest absolute Gasteiger partial charge is 0.300 e. The van der Waals surface area contributed by atoms with E-state index in [1.165, 1.54) is 12.8 Å². The maximum Gasteiger partial charge on any atom is 0.328 e. The molecule has 0 saturated carbocycles. The summed E-state index contributed by atoms with van der Waals surface area (Å²) in [6, 6.07) is 0. The van der Waals surface area contributed by atoms with Crippen molar-refractivity contribution in [1.82, 2.24) is 9.13 Å². The molecular formula is C11H20N2O. The van der Waals surface area contributed by atoms with Crippen LogP contribution in [0.5, 0.6) is 0 Å². The van der Waals surface area contributed by atoms with Crippen LogP contribution in [0.3, 0.4) is 0 Å². The quantitative estimate of drug-likeness (QED) is 0.708. The summed E-state index contributed by atoms with van der Waals surface area (Å²) in [6.45, 7) is 7.96. The Balaban J connectivity index is 2.67. The molecule has 1 rings (SSSR count). The summed E-state index contributed by atoms with van der Waals surface area (Å²) >= 11 is 0. The van der Waals surface area contributed by atoms with E-state index in [1.807, 2.05) is 23.9 Å². The number of hydrogen-bond donors (Lipinski definition) is 0. The molecule has 0 aliphatic heterocycles. The zero-order chi connectivity index (χ0) is 10.6. The van der Waals surface area contributed by atoms with Crippen molar-refractivity contribution in [3.8, 4) is 0 Å². The van der Waals surface area contributed by atoms with E-state index in [1.54, 1.807) is 4.57 Å². The maximum absolute atomic E-state index is 11.7. The summed E-state index contributed by atoms with van der Waals surface area (Å²) in [4.78, 5) is 11.7. The largest absolute Gasteiger partial charge is 0.328 e. The highest BCUT2D eigenvalue weighted by Crippen LogP contribution is 2.06. The van der Waals surface area contributed by atoms with Crippen LogP contribution in [0.2, 0.25) is 0 Å². The normalized spacial score (nSPS) is 13.1. The molecule has 1 aromatic rings. The Bertz CT molecular complexity index is 324. The number of nitrogens with zero attached hydrogens (tertiary/aromatic N) is 2. The zero-order valence-corrected chi connectivity index (χ0v) is 9.36. The first-order valence-corrected chi connectivity index (χ1v) is 5.44. The van der Waals surface area contributed by atoms with E-state index in [9.17, 15) is 4.79 Å². The average Bonchev–Trinajstić information content (AvgIpc) is 2.48. The van der Waals surface area contributed by atoms with Crippen LogP contribution in [0, 0.1) is 5.92 Å². The van der Waals surface area contributed by atoms with Gasteiger partial charge in [-0.05, 0) is 19.3 Å². The van der Waals surface area contributed by atoms with Gasteiger partial charge >= 0.3 is 5.69 Å². The fourth-order valence-corrected chi connectivity index (χ4v) is 1.75. The molecule has 1 unspecified atom stereocenters. The number of rotatable bonds is 5. The second-order valence-electron chi connectivity index (χ2n) is 3.91. The first-order valence-electron chi connectivity index (χ1n) is 5.44. The Kier molecular flexibility index (Phi) is 3.98. The molecule has 0 fully saturated rings. The maximum atomic E-state index is 11.7. The number of imidazole rings is 1. The molecule has 3 nitrogen and oxygen atoms in total. The van der Waals surface area contributed by atoms with Crippen molar-refractivity contribution in [1.29, 1.82) is 0 Å². The number of aryl methyl sites for hydroxylation is 1. The third-order valence-corrected chi connectivity index (χ3v) is 2.55. The van der Waals surface area contributed by atoms with E-state index in [4.69, 9.17) is 0 Å². The summed E-state index contributed by atoms with van der Waals surface area (Å²) in [5.41, 5.74) is 0.121. The summed E-state index contributed by atoms with van der Waals surface area (Å²) in [6.07, 6.45) is 6.12. The van der Waals surface area contributed by atoms with Crippen LogP contribution < -0.4 is 5.69 Å². The van der Waals surface area contributed by atoms with Crippen molar-refractivity contribution in [2.24, 2.45) is 5.92 Å². The molecule has 14 heavy (non-hydrogen) atoms. The molecule has 0 bridgehead atoms. The van der Waals surface area contributed by atoms with Crippen molar-refractivity contribution in [2.75, 3.05) is 0 Å². The van der Waals surface area contributed by atoms with E-state index in [0.29, 0.717) is 5.92 Å². The van der Waals surface area contributed by atoms with Gasteiger partial charge in [0.2, 0.25) is 0 Å². The SMILES string of the molecule is CCCC(C)Cn1ccn(CC)c1=O. The molecule has 0 radical (unpaired) electrons. The van der Waals surface area contributed by atoms with Gasteiger partial charge in [-0.25, -0.2) is 4.79 Å². The number of hydrogen-bond acceptors (Lipinski definition) is 1. The van der Waals surface area contributed by atoms with Crippen molar-refractivity contribution in [2.45, 2.75) is 46.7 Å². The van der Waals surface area contributed by atoms with Gasteiger partial charge in [0.25, 0.3) is 0 Å². The lowest BCUT2D eigenvalue weighted by Gasteiger charge is -2.09. The topological polar surface area (TPSA) is 26.9 Å². The summed E-state index contributed by atoms with van der Waals surface area (Å²) < 4.78 is 3.54. The van der Waals surface area contributed by atoms with Crippen LogP contribution in [0.4, 0.5) is 0 Å². The zero-order valence-electron chi connectivity index (χ0n) is 9.36. The molecule has 0 aliphatic rings. The third kappa shape index (κ3) is 2.50. The highest BCUT2D eigenvalue weighted by atomic mass is 16.1. The summed E-state index contributed by atoms with van der Waals surface area (Å²) in [5.74, 6) is 0.588. The fourth-order valence-electron chi connectivity index (χ4n) is 1.75. The van der Waals surface area contributed by atoms with Crippen molar-refractivity contribution < 1.29 is 0 Å². The molecule has 1 heterocycles. The summed E-state index contributed by atoms with van der Waals surface area (Å²) in [5, 5.41) is 0. The highest BCUT2D eigenvalue weighted by molar-refractivity contribution is 4.81. The Labute approximate surface area is 85.4 Å². The second kappa shape index (κ2) is 5.03. The fraction of sp³-hybridized carbons (Fsp3) is 0.727. The molecule has 0 N–H and O–H groups in total. The van der Waals surface area contributed by atoms with Crippen molar-refractivity contribution in [3.63, 3.8) is 0 Å². The van der Waals surface area contributed by atoms with Gasteiger partial charge in [0, 0.05) is 25.5 Å². The lowest BCUT2D eigenvalue weighted by Crippen LogP contribution is -2.25. The molecule has 3 heteroatoms. The minimum absolute atomic E-state index is 0.121. The van der Waals surface area contributed by atoms with Gasteiger partial charge in [0.1, 0.15) is 0 Å². The molecule has 0 spiro atoms. The Morgan fingerprint density at radius 1 is 1.29 bits per heavy atom. The lowest BCUT2D eigenvalue weighted by molar-refractivity contribution is 0.434. The van der Waals surface area contributed by atoms with Gasteiger partial charge in [-0.2, -0.15) is 0 Å². The van der Waals surface area contributed by atoms with Gasteiger partial charge in [0.05, 0.1) is 0 Å². The van der Waals surface area contributed by atoms with Crippen molar-refractivity contribution >= 4 is 0 Å². The van der Waals surface area contributed by atoms with Crippen LogP contribution >= 0.6 is 0 Å². The Hall–Kier alpha value is -0.990. The molecule has 1 aromatic heterocycles. The molecular weight excluding hydrogens is 176 g/mol. The summed E-state index contributed by atoms with van der Waals surface area (Å²) in [7, 11) is 0. The van der Waals surface area contributed by atoms with Crippen LogP contribution in [-0.4, -0.2) is 9.13 Å². The van der Waals surface area contributed by atoms with Crippen LogP contribution in [0.15, 0.2) is 17.2 Å². The van der Waals surface area contributed by atoms with Gasteiger partial charge < -0.3 is 0 Å². The minimum atomic E-state index is 0.121. The molecule has 1 atom stereocenters. The van der Waals surface area contributed by atoms with E-state index in [2.05, 4.69) is 13.8 Å². The molecule has 0 aromatic carbocycles. The lowest BCUT2D eigenvalue weighted by atomic mass is 10.1. The van der Waals surface area contributed by atoms with Crippen molar-refractivity contribution in [3.05, 3.63) is 22.9 Å². The van der Waals surface area contributed by atoms with Gasteiger partial charge in [-0.3, -0.25) is 9.13 Å². The highest BCUT2D eigenvalue weighted by Gasteiger charge is 2.05. The first-order chi connectivity index (χ1) is 6.69. The number of aromatic nitrogens is 2. The average molecular weight is 196 g/mol. The van der Waals surface area contributed by atoms with Gasteiger partial charge in [-0.15, -0.1) is 0 Å². The van der Waals surface area contributed by atoms with Crippen LogP contribution in [0.25, 0.3) is 0 Å².